The van der Waals surface area contributed by atoms with Crippen molar-refractivity contribution in [3.63, 3.8) is 0 Å². The molecule has 1 heterocycles. The molecule has 1 atom stereocenters. The average molecular weight is 264 g/mol. The Balaban J connectivity index is 1.93. The number of benzene rings is 1. The van der Waals surface area contributed by atoms with Crippen LogP contribution in [0, 0.1) is 11.6 Å². The number of aliphatic hydroxyl groups excluding tert-OH is 1. The predicted octanol–water partition coefficient (Wildman–Crippen LogP) is 2.18. The summed E-state index contributed by atoms with van der Waals surface area (Å²) in [5.74, 6) is -1.48. The Kier molecular flexibility index (Phi) is 4.54. The van der Waals surface area contributed by atoms with Gasteiger partial charge in [0.2, 0.25) is 0 Å². The molecule has 0 bridgehead atoms. The Hall–Kier alpha value is -1.85. The van der Waals surface area contributed by atoms with Crippen molar-refractivity contribution in [2.75, 3.05) is 6.54 Å². The first-order valence-corrected chi connectivity index (χ1v) is 5.90. The van der Waals surface area contributed by atoms with E-state index in [1.165, 1.54) is 6.07 Å². The summed E-state index contributed by atoms with van der Waals surface area (Å²) < 4.78 is 26.8. The monoisotopic (exact) mass is 264 g/mol. The van der Waals surface area contributed by atoms with E-state index < -0.39 is 17.7 Å². The number of pyridine rings is 1. The fraction of sp³-hybridized carbons (Fsp3) is 0.214. The SMILES string of the molecule is OC(CNCc1cccnc1)c1c(F)cccc1F. The maximum Gasteiger partial charge on any atom is 0.131 e. The van der Waals surface area contributed by atoms with E-state index in [0.29, 0.717) is 6.54 Å². The Labute approximate surface area is 109 Å². The minimum absolute atomic E-state index is 0.0622. The molecule has 0 aliphatic carbocycles. The van der Waals surface area contributed by atoms with Crippen molar-refractivity contribution in [3.8, 4) is 0 Å². The highest BCUT2D eigenvalue weighted by Crippen LogP contribution is 2.19. The normalized spacial score (nSPS) is 12.4. The molecular formula is C14H14F2N2O. The van der Waals surface area contributed by atoms with E-state index in [9.17, 15) is 13.9 Å². The standard InChI is InChI=1S/C14H14F2N2O/c15-11-4-1-5-12(16)14(11)13(19)9-18-8-10-3-2-6-17-7-10/h1-7,13,18-19H,8-9H2. The van der Waals surface area contributed by atoms with Crippen molar-refractivity contribution in [2.24, 2.45) is 0 Å². The van der Waals surface area contributed by atoms with E-state index in [4.69, 9.17) is 0 Å². The number of aliphatic hydroxyl groups is 1. The van der Waals surface area contributed by atoms with Crippen LogP contribution >= 0.6 is 0 Å². The van der Waals surface area contributed by atoms with Gasteiger partial charge < -0.3 is 10.4 Å². The van der Waals surface area contributed by atoms with E-state index in [1.807, 2.05) is 6.07 Å². The van der Waals surface area contributed by atoms with Crippen molar-refractivity contribution >= 4 is 0 Å². The van der Waals surface area contributed by atoms with Crippen LogP contribution in [0.3, 0.4) is 0 Å². The van der Waals surface area contributed by atoms with Gasteiger partial charge in [0, 0.05) is 25.5 Å². The number of aromatic nitrogens is 1. The van der Waals surface area contributed by atoms with Crippen molar-refractivity contribution in [1.82, 2.24) is 10.3 Å². The maximum absolute atomic E-state index is 13.4. The van der Waals surface area contributed by atoms with Crippen molar-refractivity contribution in [1.29, 1.82) is 0 Å². The summed E-state index contributed by atoms with van der Waals surface area (Å²) in [7, 11) is 0. The van der Waals surface area contributed by atoms with Gasteiger partial charge >= 0.3 is 0 Å². The molecule has 0 amide bonds. The van der Waals surface area contributed by atoms with Gasteiger partial charge in [-0.3, -0.25) is 4.98 Å². The zero-order valence-corrected chi connectivity index (χ0v) is 10.2. The summed E-state index contributed by atoms with van der Waals surface area (Å²) in [6.45, 7) is 0.535. The number of hydrogen-bond donors (Lipinski definition) is 2. The predicted molar refractivity (Wildman–Crippen MR) is 67.3 cm³/mol. The minimum atomic E-state index is -1.22. The van der Waals surface area contributed by atoms with Crippen LogP contribution in [0.25, 0.3) is 0 Å². The second-order valence-corrected chi connectivity index (χ2v) is 4.14. The van der Waals surface area contributed by atoms with E-state index in [1.54, 1.807) is 18.5 Å². The topological polar surface area (TPSA) is 45.1 Å². The van der Waals surface area contributed by atoms with Crippen molar-refractivity contribution in [3.05, 3.63) is 65.5 Å². The third kappa shape index (κ3) is 3.56. The summed E-state index contributed by atoms with van der Waals surface area (Å²) >= 11 is 0. The fourth-order valence-corrected chi connectivity index (χ4v) is 1.79. The van der Waals surface area contributed by atoms with Gasteiger partial charge in [-0.1, -0.05) is 12.1 Å². The zero-order chi connectivity index (χ0) is 13.7. The van der Waals surface area contributed by atoms with Gasteiger partial charge in [-0.25, -0.2) is 8.78 Å². The molecule has 19 heavy (non-hydrogen) atoms. The Morgan fingerprint density at radius 1 is 1.16 bits per heavy atom. The molecule has 0 radical (unpaired) electrons. The molecule has 0 saturated carbocycles. The number of hydrogen-bond acceptors (Lipinski definition) is 3. The van der Waals surface area contributed by atoms with E-state index in [2.05, 4.69) is 10.3 Å². The lowest BCUT2D eigenvalue weighted by Gasteiger charge is -2.13. The summed E-state index contributed by atoms with van der Waals surface area (Å²) in [4.78, 5) is 3.95. The second-order valence-electron chi connectivity index (χ2n) is 4.14. The molecule has 2 rings (SSSR count). The molecule has 100 valence electrons. The van der Waals surface area contributed by atoms with E-state index in [-0.39, 0.29) is 12.1 Å². The minimum Gasteiger partial charge on any atom is -0.387 e. The summed E-state index contributed by atoms with van der Waals surface area (Å²) in [5, 5.41) is 12.7. The highest BCUT2D eigenvalue weighted by Gasteiger charge is 2.17. The zero-order valence-electron chi connectivity index (χ0n) is 10.2. The molecule has 0 aliphatic heterocycles. The molecule has 0 spiro atoms. The molecule has 1 aromatic carbocycles. The smallest absolute Gasteiger partial charge is 0.131 e. The van der Waals surface area contributed by atoms with Crippen LogP contribution in [-0.4, -0.2) is 16.6 Å². The molecule has 1 aromatic heterocycles. The lowest BCUT2D eigenvalue weighted by atomic mass is 10.1. The van der Waals surface area contributed by atoms with E-state index in [0.717, 1.165) is 17.7 Å². The van der Waals surface area contributed by atoms with Crippen LogP contribution in [0.1, 0.15) is 17.2 Å². The molecule has 5 heteroatoms. The number of halogens is 2. The van der Waals surface area contributed by atoms with Crippen molar-refractivity contribution in [2.45, 2.75) is 12.6 Å². The molecule has 0 fully saturated rings. The lowest BCUT2D eigenvalue weighted by Crippen LogP contribution is -2.22. The van der Waals surface area contributed by atoms with Crippen molar-refractivity contribution < 1.29 is 13.9 Å². The first-order valence-electron chi connectivity index (χ1n) is 5.90. The van der Waals surface area contributed by atoms with Crippen LogP contribution in [0.2, 0.25) is 0 Å². The average Bonchev–Trinajstić information content (AvgIpc) is 2.40. The van der Waals surface area contributed by atoms with Gasteiger partial charge in [-0.15, -0.1) is 0 Å². The van der Waals surface area contributed by atoms with E-state index >= 15 is 0 Å². The Bertz CT molecular complexity index is 514. The molecule has 0 saturated heterocycles. The largest absolute Gasteiger partial charge is 0.387 e. The number of nitrogens with zero attached hydrogens (tertiary/aromatic N) is 1. The number of nitrogens with one attached hydrogen (secondary N) is 1. The van der Waals surface area contributed by atoms with Gasteiger partial charge in [0.15, 0.2) is 0 Å². The Morgan fingerprint density at radius 2 is 1.89 bits per heavy atom. The first kappa shape index (κ1) is 13.6. The van der Waals surface area contributed by atoms with Gasteiger partial charge in [-0.2, -0.15) is 0 Å². The highest BCUT2D eigenvalue weighted by atomic mass is 19.1. The Morgan fingerprint density at radius 3 is 2.53 bits per heavy atom. The van der Waals surface area contributed by atoms with Crippen LogP contribution < -0.4 is 5.32 Å². The maximum atomic E-state index is 13.4. The van der Waals surface area contributed by atoms with Gasteiger partial charge in [0.05, 0.1) is 11.7 Å². The molecule has 3 nitrogen and oxygen atoms in total. The second kappa shape index (κ2) is 6.36. The number of rotatable bonds is 5. The molecular weight excluding hydrogens is 250 g/mol. The quantitative estimate of drug-likeness (QED) is 0.870. The van der Waals surface area contributed by atoms with Crippen LogP contribution in [-0.2, 0) is 6.54 Å². The molecule has 0 aliphatic rings. The van der Waals surface area contributed by atoms with Gasteiger partial charge in [0.25, 0.3) is 0 Å². The summed E-state index contributed by atoms with van der Waals surface area (Å²) in [6.07, 6.45) is 2.12. The molecule has 2 aromatic rings. The van der Waals surface area contributed by atoms with Gasteiger partial charge in [-0.05, 0) is 23.8 Å². The van der Waals surface area contributed by atoms with Crippen LogP contribution in [0.5, 0.6) is 0 Å². The molecule has 1 unspecified atom stereocenters. The van der Waals surface area contributed by atoms with Gasteiger partial charge in [0.1, 0.15) is 11.6 Å². The highest BCUT2D eigenvalue weighted by molar-refractivity contribution is 5.22. The molecule has 2 N–H and O–H groups in total. The summed E-state index contributed by atoms with van der Waals surface area (Å²) in [5.41, 5.74) is 0.630. The third-order valence-electron chi connectivity index (χ3n) is 2.72. The first-order chi connectivity index (χ1) is 9.18. The van der Waals surface area contributed by atoms with Crippen LogP contribution in [0.15, 0.2) is 42.7 Å². The fourth-order valence-electron chi connectivity index (χ4n) is 1.79. The van der Waals surface area contributed by atoms with Crippen LogP contribution in [0.4, 0.5) is 8.78 Å². The summed E-state index contributed by atoms with van der Waals surface area (Å²) in [6, 6.07) is 7.19. The lowest BCUT2D eigenvalue weighted by molar-refractivity contribution is 0.164. The third-order valence-corrected chi connectivity index (χ3v) is 2.72.